The van der Waals surface area contributed by atoms with Gasteiger partial charge in [0.2, 0.25) is 5.91 Å². The number of hydrogen-bond donors (Lipinski definition) is 2. The van der Waals surface area contributed by atoms with Gasteiger partial charge in [0, 0.05) is 19.1 Å². The number of hydrogen-bond acceptors (Lipinski definition) is 3. The Kier molecular flexibility index (Phi) is 3.26. The summed E-state index contributed by atoms with van der Waals surface area (Å²) in [5.41, 5.74) is 0. The highest BCUT2D eigenvalue weighted by Crippen LogP contribution is 2.19. The van der Waals surface area contributed by atoms with Gasteiger partial charge in [0.1, 0.15) is 0 Å². The Morgan fingerprint density at radius 3 is 2.87 bits per heavy atom. The topological polar surface area (TPSA) is 52.6 Å². The zero-order valence-electron chi connectivity index (χ0n) is 9.28. The number of aliphatic hydroxyl groups excluding tert-OH is 1. The van der Waals surface area contributed by atoms with Crippen molar-refractivity contribution >= 4 is 5.91 Å². The lowest BCUT2D eigenvalue weighted by molar-refractivity contribution is -0.136. The summed E-state index contributed by atoms with van der Waals surface area (Å²) >= 11 is 0. The molecule has 0 aromatic heterocycles. The average molecular weight is 212 g/mol. The normalized spacial score (nSPS) is 36.9. The fourth-order valence-electron chi connectivity index (χ4n) is 2.53. The fourth-order valence-corrected chi connectivity index (χ4v) is 2.53. The Balaban J connectivity index is 1.94. The van der Waals surface area contributed by atoms with Crippen LogP contribution in [-0.4, -0.2) is 47.2 Å². The van der Waals surface area contributed by atoms with Crippen LogP contribution in [0, 0.1) is 0 Å². The van der Waals surface area contributed by atoms with Gasteiger partial charge in [-0.25, -0.2) is 0 Å². The number of nitrogens with zero attached hydrogens (tertiary/aromatic N) is 1. The molecule has 0 aromatic carbocycles. The van der Waals surface area contributed by atoms with Crippen LogP contribution in [0.3, 0.4) is 0 Å². The molecule has 2 saturated heterocycles. The van der Waals surface area contributed by atoms with E-state index in [4.69, 9.17) is 0 Å². The average Bonchev–Trinajstić information content (AvgIpc) is 2.65. The van der Waals surface area contributed by atoms with Crippen molar-refractivity contribution in [2.24, 2.45) is 0 Å². The summed E-state index contributed by atoms with van der Waals surface area (Å²) in [4.78, 5) is 14.1. The molecule has 2 aliphatic rings. The van der Waals surface area contributed by atoms with Gasteiger partial charge < -0.3 is 15.3 Å². The molecule has 0 bridgehead atoms. The highest BCUT2D eigenvalue weighted by atomic mass is 16.3. The van der Waals surface area contributed by atoms with Crippen LogP contribution in [0.5, 0.6) is 0 Å². The fraction of sp³-hybridized carbons (Fsp3) is 0.909. The summed E-state index contributed by atoms with van der Waals surface area (Å²) < 4.78 is 0. The van der Waals surface area contributed by atoms with Crippen molar-refractivity contribution in [2.45, 2.75) is 50.8 Å². The standard InChI is InChI=1S/C11H20N2O2/c1-8-4-2-3-5-13(8)11(15)10-6-9(14)7-12-10/h8-10,12,14H,2-7H2,1H3/t8?,9-,10-/m1/s1. The first-order valence-corrected chi connectivity index (χ1v) is 5.90. The number of rotatable bonds is 1. The van der Waals surface area contributed by atoms with Crippen molar-refractivity contribution in [3.63, 3.8) is 0 Å². The number of nitrogens with one attached hydrogen (secondary N) is 1. The number of aliphatic hydroxyl groups is 1. The maximum atomic E-state index is 12.1. The van der Waals surface area contributed by atoms with E-state index in [1.807, 2.05) is 4.90 Å². The van der Waals surface area contributed by atoms with Gasteiger partial charge in [-0.1, -0.05) is 0 Å². The summed E-state index contributed by atoms with van der Waals surface area (Å²) in [5, 5.41) is 12.5. The second-order valence-electron chi connectivity index (χ2n) is 4.73. The van der Waals surface area contributed by atoms with E-state index in [1.165, 1.54) is 6.42 Å². The Labute approximate surface area is 90.6 Å². The molecular weight excluding hydrogens is 192 g/mol. The molecule has 0 saturated carbocycles. The maximum absolute atomic E-state index is 12.1. The van der Waals surface area contributed by atoms with Crippen molar-refractivity contribution < 1.29 is 9.90 Å². The summed E-state index contributed by atoms with van der Waals surface area (Å²) in [6.07, 6.45) is 3.68. The molecule has 15 heavy (non-hydrogen) atoms. The third-order valence-electron chi connectivity index (χ3n) is 3.49. The molecule has 0 radical (unpaired) electrons. The molecule has 86 valence electrons. The second-order valence-corrected chi connectivity index (χ2v) is 4.73. The van der Waals surface area contributed by atoms with Crippen LogP contribution in [0.15, 0.2) is 0 Å². The van der Waals surface area contributed by atoms with Gasteiger partial charge in [-0.3, -0.25) is 4.79 Å². The molecule has 0 spiro atoms. The number of carbonyl (C=O) groups excluding carboxylic acids is 1. The van der Waals surface area contributed by atoms with Crippen molar-refractivity contribution in [1.82, 2.24) is 10.2 Å². The van der Waals surface area contributed by atoms with E-state index in [0.29, 0.717) is 19.0 Å². The van der Waals surface area contributed by atoms with Crippen LogP contribution >= 0.6 is 0 Å². The summed E-state index contributed by atoms with van der Waals surface area (Å²) in [6, 6.07) is 0.214. The predicted molar refractivity (Wildman–Crippen MR) is 57.4 cm³/mol. The summed E-state index contributed by atoms with van der Waals surface area (Å²) in [5.74, 6) is 0.179. The van der Waals surface area contributed by atoms with Crippen LogP contribution < -0.4 is 5.32 Å². The highest BCUT2D eigenvalue weighted by Gasteiger charge is 2.33. The molecule has 4 nitrogen and oxygen atoms in total. The van der Waals surface area contributed by atoms with E-state index in [9.17, 15) is 9.90 Å². The van der Waals surface area contributed by atoms with E-state index in [2.05, 4.69) is 12.2 Å². The Morgan fingerprint density at radius 2 is 2.27 bits per heavy atom. The molecule has 0 aromatic rings. The summed E-state index contributed by atoms with van der Waals surface area (Å²) in [7, 11) is 0. The lowest BCUT2D eigenvalue weighted by Gasteiger charge is -2.35. The SMILES string of the molecule is CC1CCCCN1C(=O)[C@H]1C[C@@H](O)CN1. The molecule has 0 aliphatic carbocycles. The van der Waals surface area contributed by atoms with Gasteiger partial charge >= 0.3 is 0 Å². The van der Waals surface area contributed by atoms with Gasteiger partial charge in [-0.2, -0.15) is 0 Å². The minimum Gasteiger partial charge on any atom is -0.392 e. The van der Waals surface area contributed by atoms with Crippen LogP contribution in [-0.2, 0) is 4.79 Å². The maximum Gasteiger partial charge on any atom is 0.240 e. The van der Waals surface area contributed by atoms with E-state index < -0.39 is 0 Å². The lowest BCUT2D eigenvalue weighted by Crippen LogP contribution is -2.49. The van der Waals surface area contributed by atoms with Crippen molar-refractivity contribution in [1.29, 1.82) is 0 Å². The van der Waals surface area contributed by atoms with Crippen molar-refractivity contribution in [2.75, 3.05) is 13.1 Å². The monoisotopic (exact) mass is 212 g/mol. The smallest absolute Gasteiger partial charge is 0.240 e. The lowest BCUT2D eigenvalue weighted by atomic mass is 10.0. The Morgan fingerprint density at radius 1 is 1.47 bits per heavy atom. The molecule has 1 unspecified atom stereocenters. The number of amides is 1. The largest absolute Gasteiger partial charge is 0.392 e. The van der Waals surface area contributed by atoms with Gasteiger partial charge in [-0.15, -0.1) is 0 Å². The number of piperidine rings is 1. The third-order valence-corrected chi connectivity index (χ3v) is 3.49. The molecule has 2 aliphatic heterocycles. The zero-order chi connectivity index (χ0) is 10.8. The Hall–Kier alpha value is -0.610. The van der Waals surface area contributed by atoms with Gasteiger partial charge in [-0.05, 0) is 32.6 Å². The third kappa shape index (κ3) is 2.32. The van der Waals surface area contributed by atoms with Gasteiger partial charge in [0.25, 0.3) is 0 Å². The number of β-amino-alcohol motifs (C(OH)–C–C–N with tert-alkyl or cyclic N) is 1. The molecule has 3 atom stereocenters. The van der Waals surface area contributed by atoms with Crippen LogP contribution in [0.4, 0.5) is 0 Å². The predicted octanol–water partition coefficient (Wildman–Crippen LogP) is 0.110. The Bertz CT molecular complexity index is 245. The molecule has 2 fully saturated rings. The van der Waals surface area contributed by atoms with E-state index in [1.54, 1.807) is 0 Å². The second kappa shape index (κ2) is 4.49. The van der Waals surface area contributed by atoms with E-state index >= 15 is 0 Å². The molecule has 2 N–H and O–H groups in total. The van der Waals surface area contributed by atoms with Crippen LogP contribution in [0.2, 0.25) is 0 Å². The van der Waals surface area contributed by atoms with E-state index in [-0.39, 0.29) is 18.1 Å². The minimum atomic E-state index is -0.348. The molecule has 4 heteroatoms. The van der Waals surface area contributed by atoms with Crippen molar-refractivity contribution in [3.05, 3.63) is 0 Å². The first kappa shape index (κ1) is 10.9. The minimum absolute atomic E-state index is 0.152. The van der Waals surface area contributed by atoms with Gasteiger partial charge in [0.15, 0.2) is 0 Å². The highest BCUT2D eigenvalue weighted by molar-refractivity contribution is 5.82. The molecule has 2 rings (SSSR count). The van der Waals surface area contributed by atoms with Gasteiger partial charge in [0.05, 0.1) is 12.1 Å². The zero-order valence-corrected chi connectivity index (χ0v) is 9.28. The first-order valence-electron chi connectivity index (χ1n) is 5.90. The molecule has 2 heterocycles. The molecule has 1 amide bonds. The van der Waals surface area contributed by atoms with Crippen molar-refractivity contribution in [3.8, 4) is 0 Å². The van der Waals surface area contributed by atoms with Crippen LogP contribution in [0.1, 0.15) is 32.6 Å². The quantitative estimate of drug-likeness (QED) is 0.648. The molecular formula is C11H20N2O2. The number of likely N-dealkylation sites (tertiary alicyclic amines) is 1. The number of carbonyl (C=O) groups is 1. The first-order chi connectivity index (χ1) is 7.18. The van der Waals surface area contributed by atoms with Crippen LogP contribution in [0.25, 0.3) is 0 Å². The van der Waals surface area contributed by atoms with E-state index in [0.717, 1.165) is 19.4 Å². The summed E-state index contributed by atoms with van der Waals surface area (Å²) in [6.45, 7) is 3.55.